The van der Waals surface area contributed by atoms with E-state index in [9.17, 15) is 4.79 Å². The first-order valence-electron chi connectivity index (χ1n) is 9.81. The average molecular weight is 394 g/mol. The van der Waals surface area contributed by atoms with Gasteiger partial charge in [-0.25, -0.2) is 0 Å². The number of hydrogen-bond donors (Lipinski definition) is 1. The fourth-order valence-electron chi connectivity index (χ4n) is 4.05. The third kappa shape index (κ3) is 3.75. The summed E-state index contributed by atoms with van der Waals surface area (Å²) in [5.41, 5.74) is 2.87. The summed E-state index contributed by atoms with van der Waals surface area (Å²) in [7, 11) is 4.84. The highest BCUT2D eigenvalue weighted by Gasteiger charge is 2.27. The van der Waals surface area contributed by atoms with E-state index in [-0.39, 0.29) is 11.8 Å². The molecule has 4 rings (SSSR count). The Morgan fingerprint density at radius 3 is 2.59 bits per heavy atom. The summed E-state index contributed by atoms with van der Waals surface area (Å²) < 4.78 is 15.9. The average Bonchev–Trinajstić information content (AvgIpc) is 3.21. The van der Waals surface area contributed by atoms with Crippen molar-refractivity contribution >= 4 is 16.8 Å². The molecule has 1 atom stereocenters. The smallest absolute Gasteiger partial charge is 0.254 e. The molecule has 152 valence electrons. The molecule has 0 aliphatic carbocycles. The zero-order valence-corrected chi connectivity index (χ0v) is 17.0. The van der Waals surface area contributed by atoms with Crippen molar-refractivity contribution in [3.8, 4) is 17.2 Å². The number of amides is 1. The zero-order chi connectivity index (χ0) is 20.4. The number of benzene rings is 2. The molecule has 1 aliphatic rings. The van der Waals surface area contributed by atoms with Gasteiger partial charge in [-0.1, -0.05) is 0 Å². The Bertz CT molecular complexity index is 1030. The summed E-state index contributed by atoms with van der Waals surface area (Å²) in [5.74, 6) is 2.34. The van der Waals surface area contributed by atoms with E-state index in [1.807, 2.05) is 23.1 Å². The van der Waals surface area contributed by atoms with Gasteiger partial charge in [-0.15, -0.1) is 0 Å². The Hall–Kier alpha value is -3.15. The van der Waals surface area contributed by atoms with Gasteiger partial charge in [0.25, 0.3) is 5.91 Å². The molecule has 1 saturated heterocycles. The number of fused-ring (bicyclic) bond motifs is 1. The van der Waals surface area contributed by atoms with E-state index in [0.29, 0.717) is 23.6 Å². The summed E-state index contributed by atoms with van der Waals surface area (Å²) in [5, 5.41) is 1.13. The second-order valence-corrected chi connectivity index (χ2v) is 7.34. The van der Waals surface area contributed by atoms with Crippen LogP contribution in [0, 0.1) is 0 Å². The van der Waals surface area contributed by atoms with Gasteiger partial charge in [0.15, 0.2) is 11.5 Å². The van der Waals surface area contributed by atoms with Gasteiger partial charge in [0.2, 0.25) is 0 Å². The lowest BCUT2D eigenvalue weighted by atomic mass is 9.94. The number of likely N-dealkylation sites (tertiary alicyclic amines) is 1. The predicted molar refractivity (Wildman–Crippen MR) is 112 cm³/mol. The molecule has 0 radical (unpaired) electrons. The first-order valence-corrected chi connectivity index (χ1v) is 9.81. The second-order valence-electron chi connectivity index (χ2n) is 7.34. The number of piperidine rings is 1. The maximum Gasteiger partial charge on any atom is 0.254 e. The van der Waals surface area contributed by atoms with Gasteiger partial charge in [0, 0.05) is 41.2 Å². The molecular weight excluding hydrogens is 368 g/mol. The second kappa shape index (κ2) is 8.07. The van der Waals surface area contributed by atoms with Crippen LogP contribution in [0.25, 0.3) is 10.9 Å². The van der Waals surface area contributed by atoms with Crippen molar-refractivity contribution in [2.24, 2.45) is 0 Å². The Labute approximate surface area is 170 Å². The number of methoxy groups -OCH3 is 3. The number of aromatic nitrogens is 1. The van der Waals surface area contributed by atoms with Crippen LogP contribution in [0.1, 0.15) is 34.8 Å². The molecule has 1 aliphatic heterocycles. The van der Waals surface area contributed by atoms with Crippen molar-refractivity contribution in [1.82, 2.24) is 9.88 Å². The number of H-pyrrole nitrogens is 1. The molecule has 6 nitrogen and oxygen atoms in total. The van der Waals surface area contributed by atoms with Gasteiger partial charge in [-0.2, -0.15) is 0 Å². The molecule has 1 amide bonds. The van der Waals surface area contributed by atoms with E-state index >= 15 is 0 Å². The summed E-state index contributed by atoms with van der Waals surface area (Å²) in [4.78, 5) is 18.6. The zero-order valence-electron chi connectivity index (χ0n) is 17.0. The van der Waals surface area contributed by atoms with Crippen LogP contribution in [0.2, 0.25) is 0 Å². The monoisotopic (exact) mass is 394 g/mol. The number of nitrogens with zero attached hydrogens (tertiary/aromatic N) is 1. The molecule has 0 spiro atoms. The molecule has 3 aromatic rings. The van der Waals surface area contributed by atoms with E-state index < -0.39 is 0 Å². The quantitative estimate of drug-likeness (QED) is 0.704. The lowest BCUT2D eigenvalue weighted by Gasteiger charge is -2.32. The highest BCUT2D eigenvalue weighted by Crippen LogP contribution is 2.32. The van der Waals surface area contributed by atoms with Gasteiger partial charge < -0.3 is 24.1 Å². The van der Waals surface area contributed by atoms with Crippen molar-refractivity contribution in [1.29, 1.82) is 0 Å². The van der Waals surface area contributed by atoms with Crippen molar-refractivity contribution in [3.05, 3.63) is 53.7 Å². The number of carbonyl (C=O) groups is 1. The minimum atomic E-state index is 0.0217. The van der Waals surface area contributed by atoms with Crippen molar-refractivity contribution < 1.29 is 19.0 Å². The lowest BCUT2D eigenvalue weighted by Crippen LogP contribution is -2.39. The van der Waals surface area contributed by atoms with Crippen LogP contribution in [0.15, 0.2) is 42.5 Å². The van der Waals surface area contributed by atoms with Gasteiger partial charge in [-0.05, 0) is 55.3 Å². The van der Waals surface area contributed by atoms with Crippen molar-refractivity contribution in [3.63, 3.8) is 0 Å². The summed E-state index contributed by atoms with van der Waals surface area (Å²) >= 11 is 0. The topological polar surface area (TPSA) is 63.8 Å². The number of ether oxygens (including phenoxy) is 3. The summed E-state index contributed by atoms with van der Waals surface area (Å²) in [6, 6.07) is 13.5. The molecule has 2 aromatic carbocycles. The lowest BCUT2D eigenvalue weighted by molar-refractivity contribution is 0.0705. The van der Waals surface area contributed by atoms with Crippen LogP contribution in [0.5, 0.6) is 17.2 Å². The molecule has 1 fully saturated rings. The first kappa shape index (κ1) is 19.2. The van der Waals surface area contributed by atoms with Crippen LogP contribution < -0.4 is 14.2 Å². The van der Waals surface area contributed by atoms with Crippen LogP contribution in [-0.4, -0.2) is 50.2 Å². The largest absolute Gasteiger partial charge is 0.497 e. The van der Waals surface area contributed by atoms with Gasteiger partial charge >= 0.3 is 0 Å². The molecular formula is C23H26N2O4. The van der Waals surface area contributed by atoms with E-state index in [1.54, 1.807) is 39.5 Å². The normalized spacial score (nSPS) is 16.7. The van der Waals surface area contributed by atoms with Crippen LogP contribution >= 0.6 is 0 Å². The summed E-state index contributed by atoms with van der Waals surface area (Å²) in [6.07, 6.45) is 2.03. The van der Waals surface area contributed by atoms with Gasteiger partial charge in [0.05, 0.1) is 21.3 Å². The molecule has 29 heavy (non-hydrogen) atoms. The van der Waals surface area contributed by atoms with Gasteiger partial charge in [-0.3, -0.25) is 4.79 Å². The van der Waals surface area contributed by atoms with Gasteiger partial charge in [0.1, 0.15) is 5.75 Å². The highest BCUT2D eigenvalue weighted by molar-refractivity contribution is 5.95. The molecule has 1 aromatic heterocycles. The summed E-state index contributed by atoms with van der Waals surface area (Å²) in [6.45, 7) is 1.45. The number of aromatic amines is 1. The van der Waals surface area contributed by atoms with Crippen LogP contribution in [0.3, 0.4) is 0 Å². The van der Waals surface area contributed by atoms with E-state index in [4.69, 9.17) is 14.2 Å². The van der Waals surface area contributed by atoms with Crippen LogP contribution in [0.4, 0.5) is 0 Å². The highest BCUT2D eigenvalue weighted by atomic mass is 16.5. The molecule has 1 N–H and O–H groups in total. The molecule has 0 bridgehead atoms. The third-order valence-corrected chi connectivity index (χ3v) is 5.63. The Morgan fingerprint density at radius 1 is 1.00 bits per heavy atom. The van der Waals surface area contributed by atoms with E-state index in [1.165, 1.54) is 0 Å². The van der Waals surface area contributed by atoms with Crippen LogP contribution in [-0.2, 0) is 0 Å². The standard InChI is InChI=1S/C23H26N2O4/c1-27-18-7-8-19-17(11-18)12-20(24-19)16-5-4-10-25(14-16)23(26)15-6-9-21(28-2)22(13-15)29-3/h6-9,11-13,16,24H,4-5,10,14H2,1-3H3. The fourth-order valence-corrected chi connectivity index (χ4v) is 4.05. The minimum Gasteiger partial charge on any atom is -0.497 e. The maximum absolute atomic E-state index is 13.1. The fraction of sp³-hybridized carbons (Fsp3) is 0.348. The Balaban J connectivity index is 1.54. The Morgan fingerprint density at radius 2 is 1.83 bits per heavy atom. The van der Waals surface area contributed by atoms with E-state index in [0.717, 1.165) is 41.7 Å². The first-order chi connectivity index (χ1) is 14.1. The van der Waals surface area contributed by atoms with E-state index in [2.05, 4.69) is 11.1 Å². The molecule has 0 saturated carbocycles. The number of carbonyl (C=O) groups excluding carboxylic acids is 1. The predicted octanol–water partition coefficient (Wildman–Crippen LogP) is 4.21. The third-order valence-electron chi connectivity index (χ3n) is 5.63. The Kier molecular flexibility index (Phi) is 5.34. The number of hydrogen-bond acceptors (Lipinski definition) is 4. The molecule has 1 unspecified atom stereocenters. The minimum absolute atomic E-state index is 0.0217. The van der Waals surface area contributed by atoms with Crippen molar-refractivity contribution in [2.75, 3.05) is 34.4 Å². The SMILES string of the molecule is COc1ccc2[nH]c(C3CCCN(C(=O)c4ccc(OC)c(OC)c4)C3)cc2c1. The molecule has 2 heterocycles. The number of nitrogens with one attached hydrogen (secondary N) is 1. The maximum atomic E-state index is 13.1. The van der Waals surface area contributed by atoms with Crippen molar-refractivity contribution in [2.45, 2.75) is 18.8 Å². The molecule has 6 heteroatoms. The number of rotatable bonds is 5.